The first-order valence-corrected chi connectivity index (χ1v) is 10.7. The third-order valence-corrected chi connectivity index (χ3v) is 8.55. The summed E-state index contributed by atoms with van der Waals surface area (Å²) in [5.74, 6) is 0.517. The summed E-state index contributed by atoms with van der Waals surface area (Å²) in [7, 11) is -1.62. The van der Waals surface area contributed by atoms with Gasteiger partial charge in [0.25, 0.3) is 0 Å². The van der Waals surface area contributed by atoms with Crippen molar-refractivity contribution in [2.24, 2.45) is 5.92 Å². The zero-order valence-electron chi connectivity index (χ0n) is 12.1. The monoisotopic (exact) mass is 384 g/mol. The molecule has 4 heteroatoms. The van der Waals surface area contributed by atoms with Gasteiger partial charge in [-0.05, 0) is 69.3 Å². The second-order valence-electron chi connectivity index (χ2n) is 6.36. The summed E-state index contributed by atoms with van der Waals surface area (Å²) in [6.45, 7) is 15.9. The van der Waals surface area contributed by atoms with Crippen molar-refractivity contribution in [3.63, 3.8) is 0 Å². The number of hydrogen-bond donors (Lipinski definition) is 0. The number of halogens is 2. The van der Waals surface area contributed by atoms with Crippen molar-refractivity contribution in [3.8, 4) is 0 Å². The van der Waals surface area contributed by atoms with Gasteiger partial charge in [0.15, 0.2) is 8.32 Å². The quantitative estimate of drug-likeness (QED) is 0.523. The molecule has 0 rings (SSSR count). The molecule has 0 fully saturated rings. The van der Waals surface area contributed by atoms with E-state index in [1.54, 1.807) is 0 Å². The van der Waals surface area contributed by atoms with Crippen LogP contribution in [-0.2, 0) is 4.43 Å². The molecule has 1 unspecified atom stereocenters. The molecule has 0 aromatic rings. The molecular weight excluding hydrogens is 360 g/mol. The first-order chi connectivity index (χ1) is 7.45. The van der Waals surface area contributed by atoms with Gasteiger partial charge >= 0.3 is 0 Å². The van der Waals surface area contributed by atoms with E-state index in [0.29, 0.717) is 12.0 Å². The Balaban J connectivity index is 4.37. The molecule has 0 aliphatic heterocycles. The molecule has 0 aliphatic rings. The van der Waals surface area contributed by atoms with Gasteiger partial charge in [-0.25, -0.2) is 0 Å². The molecule has 0 radical (unpaired) electrons. The Labute approximate surface area is 125 Å². The minimum absolute atomic E-state index is 0.288. The Bertz CT molecular complexity index is 265. The van der Waals surface area contributed by atoms with Crippen LogP contribution < -0.4 is 0 Å². The highest BCUT2D eigenvalue weighted by atomic mass is 79.9. The zero-order chi connectivity index (χ0) is 13.9. The largest absolute Gasteiger partial charge is 0.414 e. The SMILES string of the molecule is CC(C[C@@H](C)C=C(Br)Br)O[Si](C)(C)C(C)(C)C. The molecule has 0 bridgehead atoms. The minimum atomic E-state index is -1.62. The topological polar surface area (TPSA) is 9.23 Å². The van der Waals surface area contributed by atoms with E-state index in [9.17, 15) is 0 Å². The molecule has 17 heavy (non-hydrogen) atoms. The van der Waals surface area contributed by atoms with Crippen molar-refractivity contribution in [2.75, 3.05) is 0 Å². The second kappa shape index (κ2) is 6.87. The van der Waals surface area contributed by atoms with Crippen LogP contribution in [0.2, 0.25) is 18.1 Å². The van der Waals surface area contributed by atoms with E-state index >= 15 is 0 Å². The fourth-order valence-electron chi connectivity index (χ4n) is 1.53. The Kier molecular flexibility index (Phi) is 7.23. The van der Waals surface area contributed by atoms with Gasteiger partial charge in [-0.2, -0.15) is 0 Å². The third-order valence-electron chi connectivity index (χ3n) is 3.42. The lowest BCUT2D eigenvalue weighted by Crippen LogP contribution is -2.43. The summed E-state index contributed by atoms with van der Waals surface area (Å²) in [6, 6.07) is 0. The molecule has 0 saturated heterocycles. The predicted molar refractivity (Wildman–Crippen MR) is 87.5 cm³/mol. The molecular formula is C13H26Br2OSi. The average molecular weight is 386 g/mol. The van der Waals surface area contributed by atoms with Gasteiger partial charge in [0, 0.05) is 6.10 Å². The highest BCUT2D eigenvalue weighted by Gasteiger charge is 2.38. The van der Waals surface area contributed by atoms with E-state index < -0.39 is 8.32 Å². The number of allylic oxidation sites excluding steroid dienone is 1. The van der Waals surface area contributed by atoms with Crippen molar-refractivity contribution in [1.82, 2.24) is 0 Å². The molecule has 0 aromatic carbocycles. The van der Waals surface area contributed by atoms with Crippen LogP contribution in [0.1, 0.15) is 41.0 Å². The van der Waals surface area contributed by atoms with E-state index in [2.05, 4.69) is 85.6 Å². The second-order valence-corrected chi connectivity index (χ2v) is 13.9. The first kappa shape index (κ1) is 17.9. The van der Waals surface area contributed by atoms with Gasteiger partial charge < -0.3 is 4.43 Å². The van der Waals surface area contributed by atoms with E-state index in [-0.39, 0.29) is 5.04 Å². The van der Waals surface area contributed by atoms with Gasteiger partial charge in [-0.1, -0.05) is 33.8 Å². The predicted octanol–water partition coefficient (Wildman–Crippen LogP) is 6.05. The lowest BCUT2D eigenvalue weighted by molar-refractivity contribution is 0.178. The average Bonchev–Trinajstić information content (AvgIpc) is 1.96. The maximum absolute atomic E-state index is 6.33. The fraction of sp³-hybridized carbons (Fsp3) is 0.846. The van der Waals surface area contributed by atoms with Crippen molar-refractivity contribution in [3.05, 3.63) is 9.47 Å². The van der Waals surface area contributed by atoms with E-state index in [4.69, 9.17) is 4.43 Å². The fourth-order valence-corrected chi connectivity index (χ4v) is 3.89. The van der Waals surface area contributed by atoms with E-state index in [0.717, 1.165) is 9.81 Å². The minimum Gasteiger partial charge on any atom is -0.414 e. The summed E-state index contributed by atoms with van der Waals surface area (Å²) in [5.41, 5.74) is 0. The smallest absolute Gasteiger partial charge is 0.192 e. The van der Waals surface area contributed by atoms with E-state index in [1.807, 2.05) is 0 Å². The van der Waals surface area contributed by atoms with Gasteiger partial charge in [0.1, 0.15) is 0 Å². The van der Waals surface area contributed by atoms with Gasteiger partial charge in [0.05, 0.1) is 3.39 Å². The number of rotatable bonds is 5. The molecule has 0 aliphatic carbocycles. The van der Waals surface area contributed by atoms with E-state index in [1.165, 1.54) is 0 Å². The molecule has 102 valence electrons. The molecule has 0 aromatic heterocycles. The van der Waals surface area contributed by atoms with Gasteiger partial charge in [-0.3, -0.25) is 0 Å². The Morgan fingerprint density at radius 1 is 1.24 bits per heavy atom. The summed E-state index contributed by atoms with van der Waals surface area (Å²) >= 11 is 6.81. The summed E-state index contributed by atoms with van der Waals surface area (Å²) in [6.07, 6.45) is 3.56. The molecule has 0 spiro atoms. The van der Waals surface area contributed by atoms with Crippen LogP contribution in [0.5, 0.6) is 0 Å². The first-order valence-electron chi connectivity index (χ1n) is 6.16. The molecule has 0 amide bonds. The maximum atomic E-state index is 6.33. The van der Waals surface area contributed by atoms with Crippen molar-refractivity contribution in [2.45, 2.75) is 65.3 Å². The van der Waals surface area contributed by atoms with Crippen LogP contribution in [0.3, 0.4) is 0 Å². The van der Waals surface area contributed by atoms with Crippen LogP contribution in [0.25, 0.3) is 0 Å². The van der Waals surface area contributed by atoms with Gasteiger partial charge in [0.2, 0.25) is 0 Å². The molecule has 2 atom stereocenters. The molecule has 0 saturated carbocycles. The summed E-state index contributed by atoms with van der Waals surface area (Å²) in [4.78, 5) is 0. The lowest BCUT2D eigenvalue weighted by Gasteiger charge is -2.38. The van der Waals surface area contributed by atoms with Crippen molar-refractivity contribution in [1.29, 1.82) is 0 Å². The van der Waals surface area contributed by atoms with Crippen LogP contribution >= 0.6 is 31.9 Å². The number of hydrogen-bond acceptors (Lipinski definition) is 1. The Morgan fingerprint density at radius 2 is 1.71 bits per heavy atom. The van der Waals surface area contributed by atoms with Crippen molar-refractivity contribution >= 4 is 40.2 Å². The standard InChI is InChI=1S/C13H26Br2OSi/c1-10(9-12(14)15)8-11(2)16-17(6,7)13(3,4)5/h9-11H,8H2,1-7H3/t10-,11?/m1/s1. The lowest BCUT2D eigenvalue weighted by atomic mass is 10.1. The van der Waals surface area contributed by atoms with Crippen LogP contribution in [-0.4, -0.2) is 14.4 Å². The highest BCUT2D eigenvalue weighted by molar-refractivity contribution is 9.28. The van der Waals surface area contributed by atoms with Gasteiger partial charge in [-0.15, -0.1) is 0 Å². The van der Waals surface area contributed by atoms with Crippen molar-refractivity contribution < 1.29 is 4.43 Å². The zero-order valence-corrected chi connectivity index (χ0v) is 16.3. The van der Waals surface area contributed by atoms with Crippen LogP contribution in [0, 0.1) is 5.92 Å². The maximum Gasteiger partial charge on any atom is 0.192 e. The molecule has 0 heterocycles. The molecule has 1 nitrogen and oxygen atoms in total. The summed E-state index contributed by atoms with van der Waals surface area (Å²) < 4.78 is 7.36. The Morgan fingerprint density at radius 3 is 2.06 bits per heavy atom. The highest BCUT2D eigenvalue weighted by Crippen LogP contribution is 2.37. The van der Waals surface area contributed by atoms with Crippen LogP contribution in [0.15, 0.2) is 9.47 Å². The summed E-state index contributed by atoms with van der Waals surface area (Å²) in [5, 5.41) is 0.288. The normalized spacial score (nSPS) is 16.5. The third kappa shape index (κ3) is 7.14. The Hall–Kier alpha value is 0.877. The van der Waals surface area contributed by atoms with Crippen LogP contribution in [0.4, 0.5) is 0 Å². The molecule has 0 N–H and O–H groups in total.